The Bertz CT molecular complexity index is 1690. The molecule has 2 aromatic rings. The standard InChI is InChI=1S/C36H47ClN4O6S/c1-24-19-41-22-36(15-8-9-26-17-28(37)12-13-30(26)36)23-47-33-14-11-27(18-31(33)41)34(42)38-48(44,39-35(43)40-20-29(21-40)45-3)16-7-5-6-10-32(46-4)25(24)2/h6,10-14,17-18,24-25,29,32H,5,7-9,15-16,19-23H2,1-4H3,(H,38,39,42,43,44)/b10-6-/t24-,25+,32-,36-,48?/m0/s1. The van der Waals surface area contributed by atoms with Crippen LogP contribution in [0.4, 0.5) is 10.5 Å². The van der Waals surface area contributed by atoms with E-state index in [1.54, 1.807) is 20.3 Å². The highest BCUT2D eigenvalue weighted by Gasteiger charge is 2.42. The second kappa shape index (κ2) is 14.4. The number of amides is 3. The number of nitrogens with one attached hydrogen (secondary N) is 1. The number of carbonyl (C=O) groups is 2. The summed E-state index contributed by atoms with van der Waals surface area (Å²) < 4.78 is 38.8. The lowest BCUT2D eigenvalue weighted by Crippen LogP contribution is -2.58. The van der Waals surface area contributed by atoms with Gasteiger partial charge in [0.25, 0.3) is 5.91 Å². The zero-order valence-electron chi connectivity index (χ0n) is 28.3. The molecular formula is C36H47ClN4O6S. The van der Waals surface area contributed by atoms with Crippen LogP contribution in [0, 0.1) is 11.8 Å². The highest BCUT2D eigenvalue weighted by Crippen LogP contribution is 2.45. The SMILES string of the molecule is COC1CN(C(=O)NS2(=O)=NC(=O)c3ccc4c(c3)N(C[C@H](C)[C@@H](C)[C@@H](OC)/C=C\CCC2)C[C@@]2(CCCc3cc(Cl)ccc32)CO4)C1. The fourth-order valence-electron chi connectivity index (χ4n) is 7.44. The Balaban J connectivity index is 1.39. The lowest BCUT2D eigenvalue weighted by Gasteiger charge is -2.42. The Labute approximate surface area is 289 Å². The Hall–Kier alpha value is -3.12. The Morgan fingerprint density at radius 1 is 1.10 bits per heavy atom. The normalized spacial score (nSPS) is 30.4. The number of halogens is 1. The van der Waals surface area contributed by atoms with Gasteiger partial charge in [0.15, 0.2) is 0 Å². The number of urea groups is 1. The minimum Gasteiger partial charge on any atom is -0.490 e. The molecule has 2 bridgehead atoms. The molecule has 2 aromatic carbocycles. The van der Waals surface area contributed by atoms with Gasteiger partial charge in [0.05, 0.1) is 43.3 Å². The third-order valence-corrected chi connectivity index (χ3v) is 12.6. The molecule has 12 heteroatoms. The number of nitrogens with zero attached hydrogens (tertiary/aromatic N) is 3. The number of anilines is 1. The van der Waals surface area contributed by atoms with E-state index in [0.717, 1.165) is 30.0 Å². The van der Waals surface area contributed by atoms with Crippen molar-refractivity contribution in [3.05, 3.63) is 70.3 Å². The molecule has 260 valence electrons. The fraction of sp³-hybridized carbons (Fsp3) is 0.556. The largest absolute Gasteiger partial charge is 0.490 e. The molecule has 5 atom stereocenters. The van der Waals surface area contributed by atoms with Crippen LogP contribution in [-0.4, -0.2) is 86.0 Å². The number of fused-ring (bicyclic) bond motifs is 3. The van der Waals surface area contributed by atoms with Crippen molar-refractivity contribution in [2.45, 2.75) is 63.6 Å². The van der Waals surface area contributed by atoms with E-state index in [9.17, 15) is 13.8 Å². The van der Waals surface area contributed by atoms with Crippen LogP contribution in [0.5, 0.6) is 5.75 Å². The molecule has 1 fully saturated rings. The number of hydrogen-bond donors (Lipinski definition) is 1. The van der Waals surface area contributed by atoms with E-state index in [4.69, 9.17) is 25.8 Å². The predicted octanol–water partition coefficient (Wildman–Crippen LogP) is 6.01. The first-order valence-corrected chi connectivity index (χ1v) is 19.0. The van der Waals surface area contributed by atoms with Gasteiger partial charge in [0.2, 0.25) is 0 Å². The molecule has 6 rings (SSSR count). The number of aryl methyl sites for hydroxylation is 1. The molecule has 1 unspecified atom stereocenters. The van der Waals surface area contributed by atoms with Crippen LogP contribution in [0.15, 0.2) is 52.9 Å². The number of ether oxygens (including phenoxy) is 3. The minimum atomic E-state index is -3.43. The van der Waals surface area contributed by atoms with Gasteiger partial charge in [0.1, 0.15) is 15.7 Å². The van der Waals surface area contributed by atoms with Gasteiger partial charge in [0, 0.05) is 43.3 Å². The molecule has 4 aliphatic rings. The van der Waals surface area contributed by atoms with Gasteiger partial charge in [-0.1, -0.05) is 43.7 Å². The number of allylic oxidation sites excluding steroid dienone is 1. The molecule has 48 heavy (non-hydrogen) atoms. The van der Waals surface area contributed by atoms with E-state index in [-0.39, 0.29) is 35.2 Å². The van der Waals surface area contributed by atoms with E-state index in [1.165, 1.54) is 16.0 Å². The Morgan fingerprint density at radius 2 is 1.92 bits per heavy atom. The van der Waals surface area contributed by atoms with Crippen molar-refractivity contribution in [1.29, 1.82) is 0 Å². The summed E-state index contributed by atoms with van der Waals surface area (Å²) in [4.78, 5) is 30.7. The third-order valence-electron chi connectivity index (χ3n) is 10.5. The second-order valence-electron chi connectivity index (χ2n) is 13.8. The van der Waals surface area contributed by atoms with Crippen molar-refractivity contribution < 1.29 is 28.0 Å². The average molecular weight is 699 g/mol. The molecule has 1 N–H and O–H groups in total. The summed E-state index contributed by atoms with van der Waals surface area (Å²) in [5.74, 6) is 0.484. The first-order chi connectivity index (χ1) is 23.0. The third kappa shape index (κ3) is 7.25. The number of hydrogen-bond acceptors (Lipinski definition) is 7. The van der Waals surface area contributed by atoms with E-state index in [2.05, 4.69) is 46.0 Å². The molecule has 3 amide bonds. The summed E-state index contributed by atoms with van der Waals surface area (Å²) >= 11 is 6.43. The van der Waals surface area contributed by atoms with Crippen LogP contribution in [0.1, 0.15) is 61.0 Å². The maximum Gasteiger partial charge on any atom is 0.330 e. The number of carbonyl (C=O) groups excluding carboxylic acids is 2. The average Bonchev–Trinajstić information content (AvgIpc) is 3.18. The number of likely N-dealkylation sites (tertiary alicyclic amines) is 1. The topological polar surface area (TPSA) is 110 Å². The maximum absolute atomic E-state index is 14.2. The van der Waals surface area contributed by atoms with Crippen LogP contribution in [0.25, 0.3) is 0 Å². The fourth-order valence-corrected chi connectivity index (χ4v) is 9.21. The number of rotatable bonds is 3. The van der Waals surface area contributed by atoms with Crippen LogP contribution in [0.2, 0.25) is 5.02 Å². The summed E-state index contributed by atoms with van der Waals surface area (Å²) in [6.07, 6.45) is 7.95. The summed E-state index contributed by atoms with van der Waals surface area (Å²) in [5.41, 5.74) is 3.34. The van der Waals surface area contributed by atoms with Crippen LogP contribution < -0.4 is 14.4 Å². The summed E-state index contributed by atoms with van der Waals surface area (Å²) in [5, 5.41) is 0.735. The summed E-state index contributed by atoms with van der Waals surface area (Å²) in [6, 6.07) is 11.0. The first-order valence-electron chi connectivity index (χ1n) is 16.9. The van der Waals surface area contributed by atoms with Crippen molar-refractivity contribution in [3.8, 4) is 5.75 Å². The quantitative estimate of drug-likeness (QED) is 0.391. The van der Waals surface area contributed by atoms with E-state index >= 15 is 0 Å². The second-order valence-corrected chi connectivity index (χ2v) is 16.3. The zero-order chi connectivity index (χ0) is 34.1. The Morgan fingerprint density at radius 3 is 2.69 bits per heavy atom. The lowest BCUT2D eigenvalue weighted by atomic mass is 9.70. The molecule has 3 aliphatic heterocycles. The van der Waals surface area contributed by atoms with Crippen molar-refractivity contribution in [1.82, 2.24) is 9.62 Å². The molecule has 10 nitrogen and oxygen atoms in total. The number of benzene rings is 2. The molecule has 1 aliphatic carbocycles. The molecule has 0 radical (unpaired) electrons. The molecule has 0 aromatic heterocycles. The van der Waals surface area contributed by atoms with Gasteiger partial charge in [-0.15, -0.1) is 4.36 Å². The van der Waals surface area contributed by atoms with Crippen LogP contribution in [-0.2, 0) is 31.2 Å². The van der Waals surface area contributed by atoms with Gasteiger partial charge in [-0.2, -0.15) is 0 Å². The molecule has 0 saturated carbocycles. The van der Waals surface area contributed by atoms with E-state index < -0.39 is 21.9 Å². The van der Waals surface area contributed by atoms with E-state index in [1.807, 2.05) is 24.3 Å². The van der Waals surface area contributed by atoms with Gasteiger partial charge in [-0.05, 0) is 85.4 Å². The molecule has 3 heterocycles. The predicted molar refractivity (Wildman–Crippen MR) is 188 cm³/mol. The summed E-state index contributed by atoms with van der Waals surface area (Å²) in [6.45, 7) is 7.13. The van der Waals surface area contributed by atoms with Gasteiger partial charge < -0.3 is 24.0 Å². The van der Waals surface area contributed by atoms with E-state index in [0.29, 0.717) is 56.9 Å². The highest BCUT2D eigenvalue weighted by molar-refractivity contribution is 7.92. The smallest absolute Gasteiger partial charge is 0.330 e. The highest BCUT2D eigenvalue weighted by atomic mass is 35.5. The lowest BCUT2D eigenvalue weighted by molar-refractivity contribution is -0.00645. The van der Waals surface area contributed by atoms with Gasteiger partial charge >= 0.3 is 6.03 Å². The van der Waals surface area contributed by atoms with Crippen molar-refractivity contribution in [2.24, 2.45) is 16.2 Å². The monoisotopic (exact) mass is 698 g/mol. The number of methoxy groups -OCH3 is 2. The first kappa shape index (κ1) is 34.7. The van der Waals surface area contributed by atoms with Crippen LogP contribution in [0.3, 0.4) is 0 Å². The van der Waals surface area contributed by atoms with Gasteiger partial charge in [-0.25, -0.2) is 9.00 Å². The molecule has 1 saturated heterocycles. The maximum atomic E-state index is 14.2. The van der Waals surface area contributed by atoms with Crippen molar-refractivity contribution in [3.63, 3.8) is 0 Å². The molecular weight excluding hydrogens is 652 g/mol. The van der Waals surface area contributed by atoms with Crippen molar-refractivity contribution >= 4 is 39.1 Å². The summed E-state index contributed by atoms with van der Waals surface area (Å²) in [7, 11) is -0.104. The zero-order valence-corrected chi connectivity index (χ0v) is 29.9. The Kier molecular flexibility index (Phi) is 10.4. The molecule has 1 spiro atoms. The minimum absolute atomic E-state index is 0.0338. The van der Waals surface area contributed by atoms with Gasteiger partial charge in [-0.3, -0.25) is 9.52 Å². The van der Waals surface area contributed by atoms with Crippen LogP contribution >= 0.6 is 11.6 Å². The van der Waals surface area contributed by atoms with Crippen molar-refractivity contribution in [2.75, 3.05) is 57.7 Å².